The maximum atomic E-state index is 13.4. The third-order valence-electron chi connectivity index (χ3n) is 6.65. The van der Waals surface area contributed by atoms with E-state index in [-0.39, 0.29) is 44.3 Å². The van der Waals surface area contributed by atoms with Crippen molar-refractivity contribution in [1.29, 1.82) is 0 Å². The molecule has 1 heterocycles. The topological polar surface area (TPSA) is 79.0 Å². The molecule has 0 atom stereocenters. The normalized spacial score (nSPS) is 14.0. The fourth-order valence-corrected chi connectivity index (χ4v) is 4.52. The Morgan fingerprint density at radius 1 is 0.775 bits per heavy atom. The molecule has 1 aliphatic heterocycles. The highest BCUT2D eigenvalue weighted by molar-refractivity contribution is 6.01. The Kier molecular flexibility index (Phi) is 8.46. The molecule has 1 aliphatic rings. The molecule has 4 rings (SSSR count). The van der Waals surface area contributed by atoms with Gasteiger partial charge in [0.1, 0.15) is 17.9 Å². The minimum Gasteiger partial charge on any atom is -0.488 e. The number of rotatable bonds is 7. The SMILES string of the molecule is CC(C)(NC(=O)c1ccccc1OCc1ccccc1)C(=O)N1CCN(C(=O)c2ccccc2C(F)(F)F)CC1. The van der Waals surface area contributed by atoms with Crippen LogP contribution in [0.5, 0.6) is 5.75 Å². The Morgan fingerprint density at radius 2 is 1.32 bits per heavy atom. The van der Waals surface area contributed by atoms with Gasteiger partial charge in [0.2, 0.25) is 5.91 Å². The third kappa shape index (κ3) is 6.62. The Labute approximate surface area is 230 Å². The number of hydrogen-bond acceptors (Lipinski definition) is 4. The van der Waals surface area contributed by atoms with Crippen molar-refractivity contribution in [1.82, 2.24) is 15.1 Å². The predicted octanol–water partition coefficient (Wildman–Crippen LogP) is 4.78. The number of carbonyl (C=O) groups is 3. The van der Waals surface area contributed by atoms with Gasteiger partial charge in [0.25, 0.3) is 11.8 Å². The minimum absolute atomic E-state index is 0.0664. The molecule has 3 aromatic carbocycles. The lowest BCUT2D eigenvalue weighted by molar-refractivity contribution is -0.138. The first-order valence-electron chi connectivity index (χ1n) is 12.8. The number of carbonyl (C=O) groups excluding carboxylic acids is 3. The van der Waals surface area contributed by atoms with Crippen LogP contribution in [0.3, 0.4) is 0 Å². The number of nitrogens with one attached hydrogen (secondary N) is 1. The zero-order valence-corrected chi connectivity index (χ0v) is 22.2. The van der Waals surface area contributed by atoms with Crippen LogP contribution in [-0.4, -0.2) is 59.2 Å². The van der Waals surface area contributed by atoms with Gasteiger partial charge in [-0.2, -0.15) is 13.2 Å². The Morgan fingerprint density at radius 3 is 1.98 bits per heavy atom. The predicted molar refractivity (Wildman–Crippen MR) is 143 cm³/mol. The second-order valence-electron chi connectivity index (χ2n) is 9.98. The van der Waals surface area contributed by atoms with Gasteiger partial charge in [-0.3, -0.25) is 14.4 Å². The van der Waals surface area contributed by atoms with Crippen molar-refractivity contribution < 1.29 is 32.3 Å². The molecule has 0 aliphatic carbocycles. The Bertz CT molecular complexity index is 1370. The summed E-state index contributed by atoms with van der Waals surface area (Å²) in [7, 11) is 0. The van der Waals surface area contributed by atoms with Gasteiger partial charge in [0.15, 0.2) is 0 Å². The number of alkyl halides is 3. The standard InChI is InChI=1S/C30H30F3N3O4/c1-29(2,34-26(37)23-13-7-9-15-25(23)40-20-21-10-4-3-5-11-21)28(39)36-18-16-35(17-19-36)27(38)22-12-6-8-14-24(22)30(31,32)33/h3-15H,16-20H2,1-2H3,(H,34,37). The van der Waals surface area contributed by atoms with Gasteiger partial charge in [-0.15, -0.1) is 0 Å². The molecule has 0 spiro atoms. The van der Waals surface area contributed by atoms with Gasteiger partial charge < -0.3 is 19.9 Å². The summed E-state index contributed by atoms with van der Waals surface area (Å²) in [6.07, 6.45) is -4.66. The number of para-hydroxylation sites is 1. The lowest BCUT2D eigenvalue weighted by Crippen LogP contribution is -2.60. The quantitative estimate of drug-likeness (QED) is 0.457. The number of amides is 3. The fraction of sp³-hybridized carbons (Fsp3) is 0.300. The number of nitrogens with zero attached hydrogens (tertiary/aromatic N) is 2. The van der Waals surface area contributed by atoms with Gasteiger partial charge >= 0.3 is 6.18 Å². The number of ether oxygens (including phenoxy) is 1. The van der Waals surface area contributed by atoms with Gasteiger partial charge in [0.05, 0.1) is 16.7 Å². The van der Waals surface area contributed by atoms with E-state index in [0.717, 1.165) is 17.7 Å². The molecule has 40 heavy (non-hydrogen) atoms. The molecule has 1 N–H and O–H groups in total. The summed E-state index contributed by atoms with van der Waals surface area (Å²) in [5.74, 6) is -1.22. The highest BCUT2D eigenvalue weighted by Gasteiger charge is 2.39. The number of benzene rings is 3. The summed E-state index contributed by atoms with van der Waals surface area (Å²) >= 11 is 0. The second-order valence-corrected chi connectivity index (χ2v) is 9.98. The maximum absolute atomic E-state index is 13.4. The minimum atomic E-state index is -4.66. The molecule has 0 bridgehead atoms. The van der Waals surface area contributed by atoms with Gasteiger partial charge in [-0.05, 0) is 43.7 Å². The Hall–Kier alpha value is -4.34. The molecule has 3 amide bonds. The summed E-state index contributed by atoms with van der Waals surface area (Å²) in [5, 5.41) is 2.78. The first kappa shape index (κ1) is 28.7. The molecule has 7 nitrogen and oxygen atoms in total. The van der Waals surface area contributed by atoms with Crippen LogP contribution in [0.1, 0.15) is 45.7 Å². The molecule has 0 saturated carbocycles. The zero-order valence-electron chi connectivity index (χ0n) is 22.2. The smallest absolute Gasteiger partial charge is 0.417 e. The van der Waals surface area contributed by atoms with Crippen molar-refractivity contribution >= 4 is 17.7 Å². The number of halogens is 3. The first-order valence-corrected chi connectivity index (χ1v) is 12.8. The van der Waals surface area contributed by atoms with Gasteiger partial charge in [-0.1, -0.05) is 54.6 Å². The van der Waals surface area contributed by atoms with Crippen LogP contribution in [0, 0.1) is 0 Å². The monoisotopic (exact) mass is 553 g/mol. The van der Waals surface area contributed by atoms with Crippen LogP contribution in [0.15, 0.2) is 78.9 Å². The van der Waals surface area contributed by atoms with Crippen LogP contribution in [-0.2, 0) is 17.6 Å². The molecule has 1 fully saturated rings. The molecular weight excluding hydrogens is 523 g/mol. The summed E-state index contributed by atoms with van der Waals surface area (Å²) < 4.78 is 46.0. The Balaban J connectivity index is 1.37. The van der Waals surface area contributed by atoms with Crippen molar-refractivity contribution in [3.05, 3.63) is 101 Å². The van der Waals surface area contributed by atoms with Crippen molar-refractivity contribution in [2.75, 3.05) is 26.2 Å². The van der Waals surface area contributed by atoms with E-state index >= 15 is 0 Å². The van der Waals surface area contributed by atoms with Crippen LogP contribution < -0.4 is 10.1 Å². The summed E-state index contributed by atoms with van der Waals surface area (Å²) in [6, 6.07) is 20.9. The average molecular weight is 554 g/mol. The van der Waals surface area contributed by atoms with E-state index in [9.17, 15) is 27.6 Å². The highest BCUT2D eigenvalue weighted by atomic mass is 19.4. The van der Waals surface area contributed by atoms with E-state index in [4.69, 9.17) is 4.74 Å². The molecule has 0 radical (unpaired) electrons. The highest BCUT2D eigenvalue weighted by Crippen LogP contribution is 2.32. The van der Waals surface area contributed by atoms with Gasteiger partial charge in [-0.25, -0.2) is 0 Å². The maximum Gasteiger partial charge on any atom is 0.417 e. The van der Waals surface area contributed by atoms with E-state index in [1.54, 1.807) is 38.1 Å². The summed E-state index contributed by atoms with van der Waals surface area (Å²) in [5.41, 5.74) is -1.49. The van der Waals surface area contributed by atoms with Crippen molar-refractivity contribution in [2.24, 2.45) is 0 Å². The molecule has 0 unspecified atom stereocenters. The third-order valence-corrected chi connectivity index (χ3v) is 6.65. The van der Waals surface area contributed by atoms with E-state index < -0.39 is 34.7 Å². The van der Waals surface area contributed by atoms with E-state index in [1.165, 1.54) is 21.9 Å². The molecule has 210 valence electrons. The second kappa shape index (κ2) is 11.8. The summed E-state index contributed by atoms with van der Waals surface area (Å²) in [6.45, 7) is 3.80. The average Bonchev–Trinajstić information content (AvgIpc) is 2.95. The van der Waals surface area contributed by atoms with Crippen LogP contribution in [0.4, 0.5) is 13.2 Å². The molecule has 10 heteroatoms. The molecule has 1 saturated heterocycles. The largest absolute Gasteiger partial charge is 0.488 e. The van der Waals surface area contributed by atoms with E-state index in [1.807, 2.05) is 30.3 Å². The number of hydrogen-bond donors (Lipinski definition) is 1. The summed E-state index contributed by atoms with van der Waals surface area (Å²) in [4.78, 5) is 42.2. The van der Waals surface area contributed by atoms with Crippen LogP contribution >= 0.6 is 0 Å². The van der Waals surface area contributed by atoms with Crippen molar-refractivity contribution in [2.45, 2.75) is 32.2 Å². The van der Waals surface area contributed by atoms with Crippen molar-refractivity contribution in [3.63, 3.8) is 0 Å². The van der Waals surface area contributed by atoms with Crippen molar-refractivity contribution in [3.8, 4) is 5.75 Å². The van der Waals surface area contributed by atoms with Crippen LogP contribution in [0.25, 0.3) is 0 Å². The lowest BCUT2D eigenvalue weighted by atomic mass is 10.0. The van der Waals surface area contributed by atoms with E-state index in [2.05, 4.69) is 5.32 Å². The lowest BCUT2D eigenvalue weighted by Gasteiger charge is -2.39. The molecular formula is C30H30F3N3O4. The van der Waals surface area contributed by atoms with E-state index in [0.29, 0.717) is 5.75 Å². The van der Waals surface area contributed by atoms with Gasteiger partial charge in [0, 0.05) is 26.2 Å². The first-order chi connectivity index (χ1) is 19.0. The molecule has 3 aromatic rings. The fourth-order valence-electron chi connectivity index (χ4n) is 4.52. The molecule has 0 aromatic heterocycles. The zero-order chi connectivity index (χ0) is 28.9. The van der Waals surface area contributed by atoms with Crippen LogP contribution in [0.2, 0.25) is 0 Å². The number of piperazine rings is 1.